The van der Waals surface area contributed by atoms with Crippen LogP contribution in [0.25, 0.3) is 0 Å². The van der Waals surface area contributed by atoms with Crippen LogP contribution in [-0.4, -0.2) is 63.3 Å². The lowest BCUT2D eigenvalue weighted by molar-refractivity contribution is 0.105. The van der Waals surface area contributed by atoms with Gasteiger partial charge in [-0.05, 0) is 51.3 Å². The predicted octanol–water partition coefficient (Wildman–Crippen LogP) is 2.88. The first kappa shape index (κ1) is 18.9. The van der Waals surface area contributed by atoms with Gasteiger partial charge in [0.1, 0.15) is 5.75 Å². The molecule has 0 heterocycles. The lowest BCUT2D eigenvalue weighted by Gasteiger charge is -2.17. The largest absolute Gasteiger partial charge is 0.494 e. The van der Waals surface area contributed by atoms with E-state index in [0.717, 1.165) is 51.6 Å². The molecule has 0 bridgehead atoms. The normalized spacial score (nSPS) is 11.4. The van der Waals surface area contributed by atoms with E-state index < -0.39 is 0 Å². The summed E-state index contributed by atoms with van der Waals surface area (Å²) in [6.45, 7) is 10.9. The Kier molecular flexibility index (Phi) is 9.87. The second kappa shape index (κ2) is 11.5. The monoisotopic (exact) mass is 308 g/mol. The molecule has 0 aromatic heterocycles. The fraction of sp³-hybridized carbons (Fsp3) is 0.667. The number of hydrogen-bond acceptors (Lipinski definition) is 4. The Balaban J connectivity index is 2.18. The molecule has 4 nitrogen and oxygen atoms in total. The second-order valence-corrected chi connectivity index (χ2v) is 5.73. The quantitative estimate of drug-likeness (QED) is 0.554. The molecule has 0 saturated heterocycles. The molecule has 0 unspecified atom stereocenters. The molecule has 0 spiro atoms. The highest BCUT2D eigenvalue weighted by atomic mass is 16.5. The first-order valence-electron chi connectivity index (χ1n) is 8.32. The third-order valence-corrected chi connectivity index (χ3v) is 3.66. The van der Waals surface area contributed by atoms with E-state index in [1.165, 1.54) is 5.56 Å². The lowest BCUT2D eigenvalue weighted by atomic mass is 10.2. The molecule has 4 heteroatoms. The maximum Gasteiger partial charge on any atom is 0.119 e. The molecular formula is C18H32N2O2. The van der Waals surface area contributed by atoms with E-state index in [2.05, 4.69) is 49.9 Å². The number of rotatable bonds is 12. The summed E-state index contributed by atoms with van der Waals surface area (Å²) in [5.74, 6) is 0.941. The van der Waals surface area contributed by atoms with Gasteiger partial charge in [0, 0.05) is 13.1 Å². The zero-order valence-electron chi connectivity index (χ0n) is 14.7. The van der Waals surface area contributed by atoms with Crippen LogP contribution in [-0.2, 0) is 11.3 Å². The molecule has 22 heavy (non-hydrogen) atoms. The van der Waals surface area contributed by atoms with Crippen LogP contribution < -0.4 is 4.74 Å². The van der Waals surface area contributed by atoms with Gasteiger partial charge in [-0.3, -0.25) is 0 Å². The Morgan fingerprint density at radius 2 is 1.59 bits per heavy atom. The van der Waals surface area contributed by atoms with Gasteiger partial charge in [0.15, 0.2) is 0 Å². The minimum Gasteiger partial charge on any atom is -0.494 e. The maximum atomic E-state index is 5.78. The van der Waals surface area contributed by atoms with E-state index in [1.807, 2.05) is 12.1 Å². The van der Waals surface area contributed by atoms with Gasteiger partial charge in [-0.15, -0.1) is 0 Å². The highest BCUT2D eigenvalue weighted by Crippen LogP contribution is 2.13. The average Bonchev–Trinajstić information content (AvgIpc) is 2.53. The molecule has 0 N–H and O–H groups in total. The van der Waals surface area contributed by atoms with E-state index in [0.29, 0.717) is 6.61 Å². The van der Waals surface area contributed by atoms with Crippen molar-refractivity contribution in [1.29, 1.82) is 0 Å². The molecule has 0 atom stereocenters. The first-order chi connectivity index (χ1) is 10.7. The van der Waals surface area contributed by atoms with Crippen LogP contribution in [0.15, 0.2) is 24.3 Å². The molecule has 0 amide bonds. The summed E-state index contributed by atoms with van der Waals surface area (Å²) >= 11 is 0. The molecule has 126 valence electrons. The van der Waals surface area contributed by atoms with Crippen LogP contribution in [0.3, 0.4) is 0 Å². The zero-order valence-corrected chi connectivity index (χ0v) is 14.7. The van der Waals surface area contributed by atoms with Gasteiger partial charge in [0.25, 0.3) is 0 Å². The van der Waals surface area contributed by atoms with E-state index in [-0.39, 0.29) is 0 Å². The van der Waals surface area contributed by atoms with Gasteiger partial charge >= 0.3 is 0 Å². The number of nitrogens with zero attached hydrogens (tertiary/aromatic N) is 2. The maximum absolute atomic E-state index is 5.78. The van der Waals surface area contributed by atoms with Gasteiger partial charge in [0.2, 0.25) is 0 Å². The minimum absolute atomic E-state index is 0.663. The summed E-state index contributed by atoms with van der Waals surface area (Å²) in [5.41, 5.74) is 1.19. The van der Waals surface area contributed by atoms with E-state index in [4.69, 9.17) is 9.47 Å². The Labute approximate surface area is 136 Å². The third kappa shape index (κ3) is 8.37. The summed E-state index contributed by atoms with van der Waals surface area (Å²) in [5, 5.41) is 0. The fourth-order valence-electron chi connectivity index (χ4n) is 2.14. The molecule has 0 aliphatic rings. The van der Waals surface area contributed by atoms with Crippen LogP contribution in [0, 0.1) is 0 Å². The molecular weight excluding hydrogens is 276 g/mol. The molecule has 1 aromatic carbocycles. The van der Waals surface area contributed by atoms with Crippen LogP contribution in [0.2, 0.25) is 0 Å². The highest BCUT2D eigenvalue weighted by molar-refractivity contribution is 5.26. The number of hydrogen-bond donors (Lipinski definition) is 0. The van der Waals surface area contributed by atoms with Gasteiger partial charge < -0.3 is 19.3 Å². The number of ether oxygens (including phenoxy) is 2. The molecule has 0 aliphatic heterocycles. The van der Waals surface area contributed by atoms with Crippen molar-refractivity contribution in [2.45, 2.75) is 26.9 Å². The van der Waals surface area contributed by atoms with Crippen LogP contribution >= 0.6 is 0 Å². The molecule has 0 aliphatic carbocycles. The topological polar surface area (TPSA) is 24.9 Å². The van der Waals surface area contributed by atoms with Gasteiger partial charge in [0.05, 0.1) is 19.8 Å². The molecule has 0 fully saturated rings. The van der Waals surface area contributed by atoms with Crippen molar-refractivity contribution in [3.8, 4) is 5.75 Å². The summed E-state index contributed by atoms with van der Waals surface area (Å²) in [6.07, 6.45) is 1.07. The van der Waals surface area contributed by atoms with Crippen molar-refractivity contribution < 1.29 is 9.47 Å². The van der Waals surface area contributed by atoms with Crippen LogP contribution in [0.4, 0.5) is 0 Å². The van der Waals surface area contributed by atoms with Crippen molar-refractivity contribution in [2.24, 2.45) is 0 Å². The lowest BCUT2D eigenvalue weighted by Crippen LogP contribution is -2.25. The third-order valence-electron chi connectivity index (χ3n) is 3.66. The fourth-order valence-corrected chi connectivity index (χ4v) is 2.14. The van der Waals surface area contributed by atoms with Crippen LogP contribution in [0.5, 0.6) is 5.75 Å². The Morgan fingerprint density at radius 1 is 0.909 bits per heavy atom. The van der Waals surface area contributed by atoms with Crippen molar-refractivity contribution in [1.82, 2.24) is 9.80 Å². The van der Waals surface area contributed by atoms with Gasteiger partial charge in [-0.25, -0.2) is 0 Å². The van der Waals surface area contributed by atoms with Crippen molar-refractivity contribution >= 4 is 0 Å². The van der Waals surface area contributed by atoms with Gasteiger partial charge in [-0.2, -0.15) is 0 Å². The molecule has 1 rings (SSSR count). The Morgan fingerprint density at radius 3 is 2.18 bits per heavy atom. The highest BCUT2D eigenvalue weighted by Gasteiger charge is 2.00. The average molecular weight is 308 g/mol. The van der Waals surface area contributed by atoms with E-state index in [1.54, 1.807) is 0 Å². The standard InChI is InChI=1S/C18H32N2O2/c1-5-20(6-2)12-7-14-22-18-10-8-17(9-11-18)16-21-15-13-19(3)4/h8-11H,5-7,12-16H2,1-4H3. The van der Waals surface area contributed by atoms with Gasteiger partial charge in [-0.1, -0.05) is 26.0 Å². The smallest absolute Gasteiger partial charge is 0.119 e. The molecule has 0 radical (unpaired) electrons. The van der Waals surface area contributed by atoms with Crippen molar-refractivity contribution in [2.75, 3.05) is 53.5 Å². The van der Waals surface area contributed by atoms with Crippen LogP contribution in [0.1, 0.15) is 25.8 Å². The second-order valence-electron chi connectivity index (χ2n) is 5.73. The van der Waals surface area contributed by atoms with Crippen molar-refractivity contribution in [3.63, 3.8) is 0 Å². The predicted molar refractivity (Wildman–Crippen MR) is 92.6 cm³/mol. The minimum atomic E-state index is 0.663. The number of benzene rings is 1. The SMILES string of the molecule is CCN(CC)CCCOc1ccc(COCCN(C)C)cc1. The number of likely N-dealkylation sites (N-methyl/N-ethyl adjacent to an activating group) is 1. The summed E-state index contributed by atoms with van der Waals surface area (Å²) < 4.78 is 11.4. The van der Waals surface area contributed by atoms with Crippen molar-refractivity contribution in [3.05, 3.63) is 29.8 Å². The zero-order chi connectivity index (χ0) is 16.2. The Hall–Kier alpha value is -1.10. The van der Waals surface area contributed by atoms with E-state index >= 15 is 0 Å². The summed E-state index contributed by atoms with van der Waals surface area (Å²) in [7, 11) is 4.10. The molecule has 1 aromatic rings. The molecule has 0 saturated carbocycles. The summed E-state index contributed by atoms with van der Waals surface area (Å²) in [4.78, 5) is 4.53. The summed E-state index contributed by atoms with van der Waals surface area (Å²) in [6, 6.07) is 8.22. The van der Waals surface area contributed by atoms with E-state index in [9.17, 15) is 0 Å². The first-order valence-corrected chi connectivity index (χ1v) is 8.32. The Bertz CT molecular complexity index is 375.